The molecule has 186 valence electrons. The van der Waals surface area contributed by atoms with E-state index < -0.39 is 11.6 Å². The summed E-state index contributed by atoms with van der Waals surface area (Å²) in [6.07, 6.45) is 0.393. The van der Waals surface area contributed by atoms with Gasteiger partial charge >= 0.3 is 5.97 Å². The lowest BCUT2D eigenvalue weighted by Gasteiger charge is -2.23. The summed E-state index contributed by atoms with van der Waals surface area (Å²) in [5.74, 6) is 0.0951. The molecule has 0 saturated carbocycles. The molecule has 0 aliphatic heterocycles. The van der Waals surface area contributed by atoms with Crippen LogP contribution in [0.2, 0.25) is 10.0 Å². The van der Waals surface area contributed by atoms with Crippen molar-refractivity contribution in [3.05, 3.63) is 69.0 Å². The molecule has 1 atom stereocenters. The minimum Gasteiger partial charge on any atom is -0.478 e. The number of ether oxygens (including phenoxy) is 1. The van der Waals surface area contributed by atoms with Crippen molar-refractivity contribution < 1.29 is 23.8 Å². The first-order valence-electron chi connectivity index (χ1n) is 11.3. The van der Waals surface area contributed by atoms with Crippen LogP contribution in [0.5, 0.6) is 5.75 Å². The molecular formula is C27H29Cl2NO5. The van der Waals surface area contributed by atoms with Gasteiger partial charge in [0.15, 0.2) is 11.4 Å². The number of aryl methyl sites for hydroxylation is 1. The van der Waals surface area contributed by atoms with E-state index in [-0.39, 0.29) is 17.6 Å². The van der Waals surface area contributed by atoms with Crippen molar-refractivity contribution in [2.75, 3.05) is 0 Å². The van der Waals surface area contributed by atoms with Crippen LogP contribution in [-0.4, -0.2) is 27.4 Å². The Bertz CT molecular complexity index is 1260. The Hall–Kier alpha value is -2.83. The Balaban J connectivity index is 1.83. The number of hydrogen-bond donors (Lipinski definition) is 1. The standard InChI is InChI=1S/C27H29Cl2NO5/c1-14(2)24-21(30-25(34-24)19-9-8-18(28)13-20(19)29)12-16(4)23(31)17-7-10-22(15(3)11-17)35-27(5,6)26(32)33/h7-11,13-14,16H,12H2,1-6H3,(H,32,33). The van der Waals surface area contributed by atoms with Crippen LogP contribution in [0.3, 0.4) is 0 Å². The number of halogens is 2. The van der Waals surface area contributed by atoms with Gasteiger partial charge < -0.3 is 14.3 Å². The van der Waals surface area contributed by atoms with Crippen molar-refractivity contribution in [2.45, 2.75) is 59.5 Å². The maximum absolute atomic E-state index is 13.2. The summed E-state index contributed by atoms with van der Waals surface area (Å²) in [6.45, 7) is 10.6. The van der Waals surface area contributed by atoms with Crippen molar-refractivity contribution >= 4 is 35.0 Å². The molecule has 3 aromatic rings. The van der Waals surface area contributed by atoms with Crippen molar-refractivity contribution in [1.29, 1.82) is 0 Å². The highest BCUT2D eigenvalue weighted by atomic mass is 35.5. The molecule has 1 aromatic heterocycles. The lowest BCUT2D eigenvalue weighted by molar-refractivity contribution is -0.152. The van der Waals surface area contributed by atoms with Gasteiger partial charge in [0.2, 0.25) is 5.89 Å². The first-order chi connectivity index (χ1) is 16.3. The van der Waals surface area contributed by atoms with Crippen LogP contribution < -0.4 is 4.74 Å². The van der Waals surface area contributed by atoms with Crippen molar-refractivity contribution in [3.8, 4) is 17.2 Å². The minimum absolute atomic E-state index is 0.0547. The zero-order chi connectivity index (χ0) is 26.1. The smallest absolute Gasteiger partial charge is 0.347 e. The number of carboxylic acids is 1. The molecule has 0 fully saturated rings. The summed E-state index contributed by atoms with van der Waals surface area (Å²) in [4.78, 5) is 29.3. The van der Waals surface area contributed by atoms with Gasteiger partial charge in [-0.1, -0.05) is 44.0 Å². The molecular weight excluding hydrogens is 489 g/mol. The number of nitrogens with zero attached hydrogens (tertiary/aromatic N) is 1. The lowest BCUT2D eigenvalue weighted by atomic mass is 9.92. The third-order valence-electron chi connectivity index (χ3n) is 5.70. The number of rotatable bonds is 9. The molecule has 1 N–H and O–H groups in total. The number of carboxylic acid groups (broad SMARTS) is 1. The average Bonchev–Trinajstić information content (AvgIpc) is 3.18. The van der Waals surface area contributed by atoms with E-state index in [1.54, 1.807) is 43.3 Å². The summed E-state index contributed by atoms with van der Waals surface area (Å²) in [7, 11) is 0. The first kappa shape index (κ1) is 26.8. The molecule has 2 aromatic carbocycles. The van der Waals surface area contributed by atoms with E-state index in [1.807, 2.05) is 20.8 Å². The maximum atomic E-state index is 13.2. The quantitative estimate of drug-likeness (QED) is 0.297. The van der Waals surface area contributed by atoms with Crippen LogP contribution in [0.25, 0.3) is 11.5 Å². The maximum Gasteiger partial charge on any atom is 0.347 e. The molecule has 35 heavy (non-hydrogen) atoms. The van der Waals surface area contributed by atoms with Crippen molar-refractivity contribution in [3.63, 3.8) is 0 Å². The Morgan fingerprint density at radius 2 is 1.80 bits per heavy atom. The molecule has 0 spiro atoms. The first-order valence-corrected chi connectivity index (χ1v) is 12.1. The Labute approximate surface area is 215 Å². The zero-order valence-corrected chi connectivity index (χ0v) is 22.1. The number of Topliss-reactive ketones (excluding diaryl/α,β-unsaturated/α-hetero) is 1. The van der Waals surface area contributed by atoms with Gasteiger partial charge in [-0.25, -0.2) is 9.78 Å². The lowest BCUT2D eigenvalue weighted by Crippen LogP contribution is -2.38. The molecule has 0 saturated heterocycles. The number of hydrogen-bond acceptors (Lipinski definition) is 5. The summed E-state index contributed by atoms with van der Waals surface area (Å²) in [5, 5.41) is 10.3. The predicted molar refractivity (Wildman–Crippen MR) is 137 cm³/mol. The third kappa shape index (κ3) is 6.06. The SMILES string of the molecule is Cc1cc(C(=O)C(C)Cc2nc(-c3ccc(Cl)cc3Cl)oc2C(C)C)ccc1OC(C)(C)C(=O)O. The number of aromatic nitrogens is 1. The number of carbonyl (C=O) groups is 2. The normalized spacial score (nSPS) is 12.6. The van der Waals surface area contributed by atoms with Crippen LogP contribution in [0.15, 0.2) is 40.8 Å². The largest absolute Gasteiger partial charge is 0.478 e. The van der Waals surface area contributed by atoms with Gasteiger partial charge in [0.05, 0.1) is 16.3 Å². The number of carbonyl (C=O) groups excluding carboxylic acids is 1. The van der Waals surface area contributed by atoms with Gasteiger partial charge in [0.1, 0.15) is 11.5 Å². The fourth-order valence-corrected chi connectivity index (χ4v) is 4.13. The molecule has 0 bridgehead atoms. The van der Waals surface area contributed by atoms with Crippen LogP contribution >= 0.6 is 23.2 Å². The molecule has 8 heteroatoms. The number of aliphatic carboxylic acids is 1. The molecule has 0 aliphatic rings. The fourth-order valence-electron chi connectivity index (χ4n) is 3.64. The summed E-state index contributed by atoms with van der Waals surface area (Å²) < 4.78 is 11.7. The monoisotopic (exact) mass is 517 g/mol. The molecule has 1 unspecified atom stereocenters. The van der Waals surface area contributed by atoms with Crippen LogP contribution in [0.1, 0.15) is 67.9 Å². The second-order valence-electron chi connectivity index (χ2n) is 9.48. The van der Waals surface area contributed by atoms with E-state index in [1.165, 1.54) is 13.8 Å². The van der Waals surface area contributed by atoms with E-state index in [0.29, 0.717) is 56.3 Å². The van der Waals surface area contributed by atoms with Gasteiger partial charge in [0, 0.05) is 28.8 Å². The number of ketones is 1. The third-order valence-corrected chi connectivity index (χ3v) is 6.25. The topological polar surface area (TPSA) is 89.6 Å². The number of oxazole rings is 1. The summed E-state index contributed by atoms with van der Waals surface area (Å²) >= 11 is 12.4. The fraction of sp³-hybridized carbons (Fsp3) is 0.370. The highest BCUT2D eigenvalue weighted by Crippen LogP contribution is 2.34. The van der Waals surface area contributed by atoms with Crippen molar-refractivity contribution in [1.82, 2.24) is 4.98 Å². The van der Waals surface area contributed by atoms with Gasteiger partial charge in [-0.05, 0) is 62.7 Å². The van der Waals surface area contributed by atoms with Gasteiger partial charge in [0.25, 0.3) is 0 Å². The Morgan fingerprint density at radius 3 is 2.37 bits per heavy atom. The Morgan fingerprint density at radius 1 is 1.11 bits per heavy atom. The van der Waals surface area contributed by atoms with E-state index in [2.05, 4.69) is 4.98 Å². The molecule has 1 heterocycles. The number of benzene rings is 2. The van der Waals surface area contributed by atoms with E-state index in [0.717, 1.165) is 0 Å². The molecule has 3 rings (SSSR count). The minimum atomic E-state index is -1.38. The van der Waals surface area contributed by atoms with Crippen LogP contribution in [0, 0.1) is 12.8 Å². The van der Waals surface area contributed by atoms with Crippen LogP contribution in [-0.2, 0) is 11.2 Å². The van der Waals surface area contributed by atoms with E-state index >= 15 is 0 Å². The highest BCUT2D eigenvalue weighted by Gasteiger charge is 2.30. The second kappa shape index (κ2) is 10.4. The van der Waals surface area contributed by atoms with Gasteiger partial charge in [-0.15, -0.1) is 0 Å². The zero-order valence-electron chi connectivity index (χ0n) is 20.6. The van der Waals surface area contributed by atoms with Gasteiger partial charge in [-0.2, -0.15) is 0 Å². The Kier molecular flexibility index (Phi) is 7.97. The predicted octanol–water partition coefficient (Wildman–Crippen LogP) is 7.38. The summed E-state index contributed by atoms with van der Waals surface area (Å²) in [6, 6.07) is 10.1. The van der Waals surface area contributed by atoms with Gasteiger partial charge in [-0.3, -0.25) is 4.79 Å². The second-order valence-corrected chi connectivity index (χ2v) is 10.3. The van der Waals surface area contributed by atoms with E-state index in [9.17, 15) is 14.7 Å². The molecule has 0 amide bonds. The molecule has 6 nitrogen and oxygen atoms in total. The molecule has 0 radical (unpaired) electrons. The van der Waals surface area contributed by atoms with E-state index in [4.69, 9.17) is 32.4 Å². The summed E-state index contributed by atoms with van der Waals surface area (Å²) in [5.41, 5.74) is 1.17. The average molecular weight is 518 g/mol. The molecule has 0 aliphatic carbocycles. The van der Waals surface area contributed by atoms with Crippen molar-refractivity contribution in [2.24, 2.45) is 5.92 Å². The highest BCUT2D eigenvalue weighted by molar-refractivity contribution is 6.36. The van der Waals surface area contributed by atoms with Crippen LogP contribution in [0.4, 0.5) is 0 Å².